The molecule has 2 nitrogen and oxygen atoms in total. The maximum absolute atomic E-state index is 9.93. The average molecular weight is 426 g/mol. The van der Waals surface area contributed by atoms with Crippen LogP contribution in [0.4, 0.5) is 0 Å². The van der Waals surface area contributed by atoms with E-state index in [0.717, 1.165) is 44.5 Å². The van der Waals surface area contributed by atoms with Crippen LogP contribution in [0.1, 0.15) is 0 Å². The van der Waals surface area contributed by atoms with Crippen molar-refractivity contribution >= 4 is 12.6 Å². The van der Waals surface area contributed by atoms with Gasteiger partial charge in [-0.3, -0.25) is 0 Å². The molecular weight excluding hydrogens is 403 g/mol. The van der Waals surface area contributed by atoms with Crippen molar-refractivity contribution in [3.05, 3.63) is 127 Å². The zero-order valence-electron chi connectivity index (χ0n) is 18.1. The number of benzene rings is 5. The van der Waals surface area contributed by atoms with Crippen molar-refractivity contribution in [3.8, 4) is 44.5 Å². The molecule has 0 aliphatic rings. The Labute approximate surface area is 194 Å². The summed E-state index contributed by atoms with van der Waals surface area (Å²) in [5.41, 5.74) is 9.10. The highest BCUT2D eigenvalue weighted by molar-refractivity contribution is 6.58. The van der Waals surface area contributed by atoms with Crippen LogP contribution in [-0.2, 0) is 0 Å². The largest absolute Gasteiger partial charge is 0.488 e. The van der Waals surface area contributed by atoms with Crippen LogP contribution in [0, 0.1) is 0 Å². The van der Waals surface area contributed by atoms with E-state index in [2.05, 4.69) is 54.6 Å². The third-order valence-electron chi connectivity index (χ3n) is 5.95. The molecule has 33 heavy (non-hydrogen) atoms. The van der Waals surface area contributed by atoms with Gasteiger partial charge < -0.3 is 10.0 Å². The highest BCUT2D eigenvalue weighted by atomic mass is 16.4. The first-order valence-corrected chi connectivity index (χ1v) is 11.0. The molecule has 2 N–H and O–H groups in total. The molecule has 0 heterocycles. The van der Waals surface area contributed by atoms with Gasteiger partial charge in [0, 0.05) is 0 Å². The summed E-state index contributed by atoms with van der Waals surface area (Å²) in [5, 5.41) is 19.9. The van der Waals surface area contributed by atoms with E-state index in [-0.39, 0.29) is 0 Å². The number of rotatable bonds is 5. The van der Waals surface area contributed by atoms with E-state index in [0.29, 0.717) is 5.46 Å². The second-order valence-corrected chi connectivity index (χ2v) is 8.00. The van der Waals surface area contributed by atoms with Crippen molar-refractivity contribution in [3.63, 3.8) is 0 Å². The molecule has 3 heteroatoms. The molecule has 0 saturated heterocycles. The van der Waals surface area contributed by atoms with Crippen LogP contribution >= 0.6 is 0 Å². The van der Waals surface area contributed by atoms with E-state index in [1.54, 1.807) is 6.07 Å². The first kappa shape index (κ1) is 21.0. The quantitative estimate of drug-likeness (QED) is 0.337. The summed E-state index contributed by atoms with van der Waals surface area (Å²) in [7, 11) is -1.54. The standard InChI is InChI=1S/C30H23BO2/c32-31(33)24-19-20-29(27-17-9-7-15-25(27)22-11-3-1-4-12-22)30(21-24)28-18-10-8-16-26(28)23-13-5-2-6-14-23/h1-21,32-33H. The van der Waals surface area contributed by atoms with Gasteiger partial charge in [0.25, 0.3) is 0 Å². The Morgan fingerprint density at radius 3 is 1.24 bits per heavy atom. The van der Waals surface area contributed by atoms with Gasteiger partial charge >= 0.3 is 7.12 Å². The Balaban J connectivity index is 1.78. The summed E-state index contributed by atoms with van der Waals surface area (Å²) in [5.74, 6) is 0. The van der Waals surface area contributed by atoms with Crippen molar-refractivity contribution in [2.75, 3.05) is 0 Å². The molecule has 0 atom stereocenters. The van der Waals surface area contributed by atoms with E-state index < -0.39 is 7.12 Å². The maximum atomic E-state index is 9.93. The van der Waals surface area contributed by atoms with Gasteiger partial charge in [0.05, 0.1) is 0 Å². The van der Waals surface area contributed by atoms with Crippen LogP contribution in [0.25, 0.3) is 44.5 Å². The first-order valence-electron chi connectivity index (χ1n) is 11.0. The highest BCUT2D eigenvalue weighted by Gasteiger charge is 2.19. The van der Waals surface area contributed by atoms with Crippen LogP contribution in [0.5, 0.6) is 0 Å². The topological polar surface area (TPSA) is 40.5 Å². The molecule has 5 aromatic carbocycles. The fraction of sp³-hybridized carbons (Fsp3) is 0. The van der Waals surface area contributed by atoms with Crippen molar-refractivity contribution in [1.29, 1.82) is 0 Å². The van der Waals surface area contributed by atoms with Crippen molar-refractivity contribution in [2.45, 2.75) is 0 Å². The van der Waals surface area contributed by atoms with Gasteiger partial charge in [-0.2, -0.15) is 0 Å². The fourth-order valence-corrected chi connectivity index (χ4v) is 4.36. The van der Waals surface area contributed by atoms with E-state index in [1.165, 1.54) is 0 Å². The van der Waals surface area contributed by atoms with Crippen LogP contribution in [0.2, 0.25) is 0 Å². The van der Waals surface area contributed by atoms with Crippen LogP contribution < -0.4 is 5.46 Å². The predicted octanol–water partition coefficient (Wildman–Crippen LogP) is 6.03. The second-order valence-electron chi connectivity index (χ2n) is 8.00. The molecule has 0 amide bonds. The highest BCUT2D eigenvalue weighted by Crippen LogP contribution is 2.40. The Kier molecular flexibility index (Phi) is 5.90. The van der Waals surface area contributed by atoms with Gasteiger partial charge in [0.1, 0.15) is 0 Å². The minimum absolute atomic E-state index is 0.466. The van der Waals surface area contributed by atoms with Crippen molar-refractivity contribution < 1.29 is 10.0 Å². The number of hydrogen-bond donors (Lipinski definition) is 2. The molecule has 5 aromatic rings. The summed E-state index contributed by atoms with van der Waals surface area (Å²) in [6.07, 6.45) is 0. The molecule has 158 valence electrons. The summed E-state index contributed by atoms with van der Waals surface area (Å²) in [6, 6.07) is 42.9. The summed E-state index contributed by atoms with van der Waals surface area (Å²) >= 11 is 0. The molecule has 5 rings (SSSR count). The molecule has 0 radical (unpaired) electrons. The first-order chi connectivity index (χ1) is 16.2. The summed E-state index contributed by atoms with van der Waals surface area (Å²) in [4.78, 5) is 0. The van der Waals surface area contributed by atoms with E-state index >= 15 is 0 Å². The lowest BCUT2D eigenvalue weighted by molar-refractivity contribution is 0.426. The van der Waals surface area contributed by atoms with E-state index in [1.807, 2.05) is 66.7 Å². The van der Waals surface area contributed by atoms with Gasteiger partial charge in [-0.15, -0.1) is 0 Å². The monoisotopic (exact) mass is 426 g/mol. The van der Waals surface area contributed by atoms with Gasteiger partial charge in [-0.1, -0.05) is 127 Å². The lowest BCUT2D eigenvalue weighted by Gasteiger charge is -2.18. The maximum Gasteiger partial charge on any atom is 0.488 e. The predicted molar refractivity (Wildman–Crippen MR) is 138 cm³/mol. The smallest absolute Gasteiger partial charge is 0.423 e. The Morgan fingerprint density at radius 1 is 0.364 bits per heavy atom. The molecule has 0 saturated carbocycles. The molecular formula is C30H23BO2. The van der Waals surface area contributed by atoms with Crippen LogP contribution in [0.3, 0.4) is 0 Å². The molecule has 0 aromatic heterocycles. The lowest BCUT2D eigenvalue weighted by Crippen LogP contribution is -2.29. The lowest BCUT2D eigenvalue weighted by atomic mass is 9.76. The summed E-state index contributed by atoms with van der Waals surface area (Å²) in [6.45, 7) is 0. The Hall–Kier alpha value is -3.92. The van der Waals surface area contributed by atoms with Gasteiger partial charge in [0.2, 0.25) is 0 Å². The van der Waals surface area contributed by atoms with Crippen molar-refractivity contribution in [1.82, 2.24) is 0 Å². The molecule has 0 bridgehead atoms. The second kappa shape index (κ2) is 9.29. The molecule has 0 unspecified atom stereocenters. The molecule has 0 fully saturated rings. The van der Waals surface area contributed by atoms with Gasteiger partial charge in [0.15, 0.2) is 0 Å². The van der Waals surface area contributed by atoms with E-state index in [4.69, 9.17) is 0 Å². The van der Waals surface area contributed by atoms with Crippen LogP contribution in [-0.4, -0.2) is 17.2 Å². The Morgan fingerprint density at radius 2 is 0.758 bits per heavy atom. The van der Waals surface area contributed by atoms with E-state index in [9.17, 15) is 10.0 Å². The van der Waals surface area contributed by atoms with Crippen molar-refractivity contribution in [2.24, 2.45) is 0 Å². The molecule has 0 aliphatic carbocycles. The average Bonchev–Trinajstić information content (AvgIpc) is 2.89. The van der Waals surface area contributed by atoms with Gasteiger partial charge in [-0.05, 0) is 50.0 Å². The minimum Gasteiger partial charge on any atom is -0.423 e. The molecule has 0 spiro atoms. The fourth-order valence-electron chi connectivity index (χ4n) is 4.36. The number of hydrogen-bond acceptors (Lipinski definition) is 2. The Bertz CT molecular complexity index is 1380. The normalized spacial score (nSPS) is 10.7. The SMILES string of the molecule is OB(O)c1ccc(-c2ccccc2-c2ccccc2)c(-c2ccccc2-c2ccccc2)c1. The third kappa shape index (κ3) is 4.25. The van der Waals surface area contributed by atoms with Crippen LogP contribution in [0.15, 0.2) is 127 Å². The van der Waals surface area contributed by atoms with Gasteiger partial charge in [-0.25, -0.2) is 0 Å². The minimum atomic E-state index is -1.54. The molecule has 0 aliphatic heterocycles. The summed E-state index contributed by atoms with van der Waals surface area (Å²) < 4.78 is 0. The third-order valence-corrected chi connectivity index (χ3v) is 5.95. The zero-order chi connectivity index (χ0) is 22.6. The zero-order valence-corrected chi connectivity index (χ0v) is 18.1.